The summed E-state index contributed by atoms with van der Waals surface area (Å²) >= 11 is 1.76. The predicted octanol–water partition coefficient (Wildman–Crippen LogP) is 10.5. The minimum Gasteiger partial charge on any atom is -0.347 e. The lowest BCUT2D eigenvalue weighted by molar-refractivity contribution is -0.110. The molecule has 0 saturated carbocycles. The molecule has 1 N–H and O–H groups in total. The number of aldehydes is 1. The highest BCUT2D eigenvalue weighted by atomic mass is 32.1. The van der Waals surface area contributed by atoms with Gasteiger partial charge in [-0.1, -0.05) is 63.7 Å². The molecule has 248 valence electrons. The largest absolute Gasteiger partial charge is 0.347 e. The molecule has 7 heteroatoms. The number of carbonyl (C=O) groups is 1. The average molecular weight is 637 g/mol. The van der Waals surface area contributed by atoms with Gasteiger partial charge in [-0.3, -0.25) is 4.57 Å². The molecule has 1 unspecified atom stereocenters. The van der Waals surface area contributed by atoms with Crippen molar-refractivity contribution < 1.29 is 9.18 Å². The Morgan fingerprint density at radius 1 is 1.18 bits per heavy atom. The van der Waals surface area contributed by atoms with Crippen LogP contribution in [0.25, 0.3) is 26.5 Å². The van der Waals surface area contributed by atoms with E-state index < -0.39 is 0 Å². The molecule has 0 spiro atoms. The van der Waals surface area contributed by atoms with E-state index in [4.69, 9.17) is 4.98 Å². The number of benzene rings is 1. The zero-order valence-electron chi connectivity index (χ0n) is 29.8. The number of rotatable bonds is 5. The van der Waals surface area contributed by atoms with Crippen molar-refractivity contribution in [3.63, 3.8) is 0 Å². The maximum atomic E-state index is 11.3. The van der Waals surface area contributed by atoms with Gasteiger partial charge in [0.1, 0.15) is 6.29 Å². The zero-order valence-corrected chi connectivity index (χ0v) is 30.7. The van der Waals surface area contributed by atoms with Gasteiger partial charge in [0.2, 0.25) is 0 Å². The van der Waals surface area contributed by atoms with Crippen LogP contribution < -0.4 is 5.32 Å². The molecule has 0 bridgehead atoms. The molecule has 1 aliphatic carbocycles. The number of fused-ring (bicyclic) bond motifs is 3. The van der Waals surface area contributed by atoms with Gasteiger partial charge in [0, 0.05) is 53.2 Å². The second kappa shape index (κ2) is 20.0. The summed E-state index contributed by atoms with van der Waals surface area (Å²) in [4.78, 5) is 15.5. The standard InChI is InChI=1S/C23H26N4S.C5H10.C4H7F.C4H8O.C2H6/c1-14-5-6-15(2)27(14)23-25-13-22(28-23)16-7-9-20-18(11-16)19-12-17(24-3)8-10-21(19)26(20)4;1-4-5(2)3;1-3-4(2)5;1-4(2)3-5;1-2/h5-7,9,11,13,17,24H,8,10,12H2,1-4H3;2,4H2,1,3H3;3H,1-2H3;3-4H,1-2H3;1-2H3/b;;4-3+;;. The van der Waals surface area contributed by atoms with Crippen molar-refractivity contribution in [3.05, 3.63) is 83.2 Å². The summed E-state index contributed by atoms with van der Waals surface area (Å²) in [5.41, 5.74) is 9.33. The van der Waals surface area contributed by atoms with Gasteiger partial charge in [0.15, 0.2) is 5.13 Å². The van der Waals surface area contributed by atoms with Crippen LogP contribution >= 0.6 is 11.3 Å². The molecule has 0 radical (unpaired) electrons. The number of hydrogen-bond donors (Lipinski definition) is 1. The highest BCUT2D eigenvalue weighted by Crippen LogP contribution is 2.36. The Bertz CT molecular complexity index is 1500. The minimum atomic E-state index is -0.120. The molecule has 0 saturated heterocycles. The molecule has 1 aliphatic rings. The van der Waals surface area contributed by atoms with Crippen LogP contribution in [0.1, 0.15) is 90.9 Å². The van der Waals surface area contributed by atoms with Crippen molar-refractivity contribution >= 4 is 28.5 Å². The van der Waals surface area contributed by atoms with E-state index in [-0.39, 0.29) is 11.7 Å². The first-order valence-corrected chi connectivity index (χ1v) is 17.0. The Labute approximate surface area is 276 Å². The highest BCUT2D eigenvalue weighted by Gasteiger charge is 2.24. The number of nitrogens with zero attached hydrogens (tertiary/aromatic N) is 3. The Morgan fingerprint density at radius 3 is 2.20 bits per heavy atom. The molecule has 4 aromatic rings. The predicted molar refractivity (Wildman–Crippen MR) is 196 cm³/mol. The first-order chi connectivity index (χ1) is 21.4. The third kappa shape index (κ3) is 11.5. The van der Waals surface area contributed by atoms with E-state index in [1.165, 1.54) is 69.0 Å². The Morgan fingerprint density at radius 2 is 1.73 bits per heavy atom. The summed E-state index contributed by atoms with van der Waals surface area (Å²) in [5, 5.41) is 5.92. The van der Waals surface area contributed by atoms with Crippen molar-refractivity contribution in [2.75, 3.05) is 7.05 Å². The fraction of sp³-hybridized carbons (Fsp3) is 0.474. The number of likely N-dealkylation sites (N-methyl/N-ethyl adjacent to an activating group) is 1. The lowest BCUT2D eigenvalue weighted by Gasteiger charge is -2.22. The Balaban J connectivity index is 0.000000496. The fourth-order valence-electron chi connectivity index (χ4n) is 4.65. The monoisotopic (exact) mass is 636 g/mol. The van der Waals surface area contributed by atoms with Gasteiger partial charge in [-0.15, -0.1) is 6.58 Å². The van der Waals surface area contributed by atoms with Crippen LogP contribution in [0.2, 0.25) is 0 Å². The van der Waals surface area contributed by atoms with Crippen molar-refractivity contribution in [1.29, 1.82) is 0 Å². The van der Waals surface area contributed by atoms with Crippen LogP contribution in [-0.4, -0.2) is 33.5 Å². The first-order valence-electron chi connectivity index (χ1n) is 16.1. The van der Waals surface area contributed by atoms with Crippen molar-refractivity contribution in [2.24, 2.45) is 13.0 Å². The van der Waals surface area contributed by atoms with E-state index in [2.05, 4.69) is 86.2 Å². The quantitative estimate of drug-likeness (QED) is 0.175. The van der Waals surface area contributed by atoms with Crippen molar-refractivity contribution in [1.82, 2.24) is 19.4 Å². The molecule has 5 rings (SSSR count). The molecule has 0 amide bonds. The van der Waals surface area contributed by atoms with Crippen LogP contribution in [0.3, 0.4) is 0 Å². The number of hydrogen-bond acceptors (Lipinski definition) is 4. The summed E-state index contributed by atoms with van der Waals surface area (Å²) in [6.07, 6.45) is 8.95. The van der Waals surface area contributed by atoms with Crippen LogP contribution in [0.15, 0.2) is 60.6 Å². The SMILES string of the molecule is C/C=C(\C)F.C=C(C)CC.CC.CC(C)C=O.CNC1CCc2c(c3cc(-c4cnc(-n5c(C)ccc5C)s4)ccc3n2C)C1. The summed E-state index contributed by atoms with van der Waals surface area (Å²) in [7, 11) is 4.29. The van der Waals surface area contributed by atoms with Gasteiger partial charge in [-0.25, -0.2) is 9.37 Å². The zero-order chi connectivity index (χ0) is 34.3. The summed E-state index contributed by atoms with van der Waals surface area (Å²) in [6.45, 7) is 22.9. The first kappa shape index (κ1) is 39.7. The average Bonchev–Trinajstić information content (AvgIpc) is 3.74. The minimum absolute atomic E-state index is 0.120. The van der Waals surface area contributed by atoms with Gasteiger partial charge in [0.25, 0.3) is 0 Å². The van der Waals surface area contributed by atoms with Gasteiger partial charge >= 0.3 is 0 Å². The van der Waals surface area contributed by atoms with E-state index in [0.717, 1.165) is 30.7 Å². The van der Waals surface area contributed by atoms with Gasteiger partial charge in [0.05, 0.1) is 10.7 Å². The molecule has 45 heavy (non-hydrogen) atoms. The fourth-order valence-corrected chi connectivity index (χ4v) is 5.68. The Hall–Kier alpha value is -3.29. The summed E-state index contributed by atoms with van der Waals surface area (Å²) in [6, 6.07) is 11.8. The molecule has 1 atom stereocenters. The lowest BCUT2D eigenvalue weighted by atomic mass is 9.91. The third-order valence-corrected chi connectivity index (χ3v) is 8.57. The molecule has 1 aromatic carbocycles. The van der Waals surface area contributed by atoms with Crippen LogP contribution in [0, 0.1) is 19.8 Å². The number of halogens is 1. The van der Waals surface area contributed by atoms with Gasteiger partial charge < -0.3 is 14.7 Å². The number of thiazole rings is 1. The van der Waals surface area contributed by atoms with Crippen molar-refractivity contribution in [2.45, 2.75) is 101 Å². The van der Waals surface area contributed by atoms with E-state index in [1.54, 1.807) is 18.3 Å². The number of allylic oxidation sites excluding steroid dienone is 3. The number of carbonyl (C=O) groups excluding carboxylic acids is 1. The van der Waals surface area contributed by atoms with E-state index >= 15 is 0 Å². The molecular weight excluding hydrogens is 580 g/mol. The normalized spacial score (nSPS) is 13.6. The molecule has 0 fully saturated rings. The molecule has 5 nitrogen and oxygen atoms in total. The number of aromatic nitrogens is 3. The summed E-state index contributed by atoms with van der Waals surface area (Å²) in [5.74, 6) is 0.0833. The van der Waals surface area contributed by atoms with E-state index in [0.29, 0.717) is 6.04 Å². The topological polar surface area (TPSA) is 51.9 Å². The molecule has 3 aromatic heterocycles. The lowest BCUT2D eigenvalue weighted by Crippen LogP contribution is -2.31. The molecule has 0 aliphatic heterocycles. The number of nitrogens with one attached hydrogen (secondary N) is 1. The smallest absolute Gasteiger partial charge is 0.194 e. The van der Waals surface area contributed by atoms with Crippen LogP contribution in [0.5, 0.6) is 0 Å². The molecule has 3 heterocycles. The summed E-state index contributed by atoms with van der Waals surface area (Å²) < 4.78 is 15.9. The van der Waals surface area contributed by atoms with Gasteiger partial charge in [-0.2, -0.15) is 0 Å². The maximum Gasteiger partial charge on any atom is 0.194 e. The van der Waals surface area contributed by atoms with E-state index in [1.807, 2.05) is 40.8 Å². The Kier molecular flexibility index (Phi) is 17.6. The highest BCUT2D eigenvalue weighted by molar-refractivity contribution is 7.17. The van der Waals surface area contributed by atoms with Crippen molar-refractivity contribution in [3.8, 4) is 15.6 Å². The third-order valence-electron chi connectivity index (χ3n) is 7.54. The second-order valence-electron chi connectivity index (χ2n) is 11.5. The van der Waals surface area contributed by atoms with E-state index in [9.17, 15) is 9.18 Å². The van der Waals surface area contributed by atoms with Gasteiger partial charge in [-0.05, 0) is 103 Å². The second-order valence-corrected chi connectivity index (χ2v) is 12.5. The van der Waals surface area contributed by atoms with Crippen LogP contribution in [0.4, 0.5) is 4.39 Å². The number of aryl methyl sites for hydroxylation is 3. The maximum absolute atomic E-state index is 11.3. The van der Waals surface area contributed by atoms with Crippen LogP contribution in [-0.2, 0) is 24.7 Å². The molecular formula is C38H57FN4OS.